The lowest BCUT2D eigenvalue weighted by Crippen LogP contribution is -2.43. The summed E-state index contributed by atoms with van der Waals surface area (Å²) in [7, 11) is -3.26. The van der Waals surface area contributed by atoms with Gasteiger partial charge in [-0.05, 0) is 12.8 Å². The van der Waals surface area contributed by atoms with Crippen molar-refractivity contribution < 1.29 is 23.1 Å². The number of hydrogen-bond donors (Lipinski definition) is 2. The first-order valence-corrected chi connectivity index (χ1v) is 7.47. The molecule has 0 bridgehead atoms. The number of rotatable bonds is 6. The van der Waals surface area contributed by atoms with E-state index in [-0.39, 0.29) is 32.1 Å². The van der Waals surface area contributed by atoms with Crippen LogP contribution in [0.5, 0.6) is 0 Å². The molecule has 1 fully saturated rings. The largest absolute Gasteiger partial charge is 0.394 e. The maximum atomic E-state index is 11.7. The molecule has 0 aromatic heterocycles. The summed E-state index contributed by atoms with van der Waals surface area (Å²) < 4.78 is 28.2. The summed E-state index contributed by atoms with van der Waals surface area (Å²) in [5.74, 6) is -0.330. The van der Waals surface area contributed by atoms with Crippen LogP contribution in [-0.4, -0.2) is 56.8 Å². The summed E-state index contributed by atoms with van der Waals surface area (Å²) in [4.78, 5) is 11.7. The van der Waals surface area contributed by atoms with Crippen LogP contribution in [0.15, 0.2) is 0 Å². The Morgan fingerprint density at radius 3 is 2.76 bits per heavy atom. The molecule has 100 valence electrons. The number of ether oxygens (including phenoxy) is 1. The topological polar surface area (TPSA) is 92.7 Å². The van der Waals surface area contributed by atoms with Crippen molar-refractivity contribution in [1.29, 1.82) is 0 Å². The standard InChI is InChI=1S/C10H19NO5S/c12-5-7-16-6-4-11-10(13)9-3-1-2-8-17(9,14)15/h9,12H,1-8H2,(H,11,13). The fraction of sp³-hybridized carbons (Fsp3) is 0.900. The van der Waals surface area contributed by atoms with Crippen molar-refractivity contribution in [2.45, 2.75) is 24.5 Å². The normalized spacial score (nSPS) is 23.2. The Kier molecular flexibility index (Phi) is 5.87. The number of nitrogens with one attached hydrogen (secondary N) is 1. The second-order valence-corrected chi connectivity index (χ2v) is 6.28. The minimum absolute atomic E-state index is 0.0645. The van der Waals surface area contributed by atoms with Gasteiger partial charge in [0.2, 0.25) is 5.91 Å². The number of carbonyl (C=O) groups is 1. The van der Waals surface area contributed by atoms with Crippen LogP contribution in [0, 0.1) is 0 Å². The number of sulfone groups is 1. The zero-order valence-electron chi connectivity index (χ0n) is 9.72. The van der Waals surface area contributed by atoms with E-state index in [4.69, 9.17) is 9.84 Å². The van der Waals surface area contributed by atoms with Crippen LogP contribution >= 0.6 is 0 Å². The van der Waals surface area contributed by atoms with E-state index in [0.717, 1.165) is 6.42 Å². The van der Waals surface area contributed by atoms with Crippen molar-refractivity contribution in [2.75, 3.05) is 32.1 Å². The van der Waals surface area contributed by atoms with Gasteiger partial charge in [-0.1, -0.05) is 6.42 Å². The highest BCUT2D eigenvalue weighted by Crippen LogP contribution is 2.19. The predicted octanol–water partition coefficient (Wildman–Crippen LogP) is -0.921. The molecule has 0 saturated carbocycles. The average molecular weight is 265 g/mol. The van der Waals surface area contributed by atoms with E-state index in [2.05, 4.69) is 5.32 Å². The van der Waals surface area contributed by atoms with Gasteiger partial charge < -0.3 is 15.2 Å². The first-order valence-electron chi connectivity index (χ1n) is 5.76. The van der Waals surface area contributed by atoms with Gasteiger partial charge in [0.1, 0.15) is 5.25 Å². The van der Waals surface area contributed by atoms with E-state index in [1.165, 1.54) is 0 Å². The Morgan fingerprint density at radius 1 is 1.35 bits per heavy atom. The summed E-state index contributed by atoms with van der Waals surface area (Å²) in [5, 5.41) is 10.1. The fourth-order valence-corrected chi connectivity index (χ4v) is 3.60. The average Bonchev–Trinajstić information content (AvgIpc) is 2.28. The minimum Gasteiger partial charge on any atom is -0.394 e. The number of hydrogen-bond acceptors (Lipinski definition) is 5. The van der Waals surface area contributed by atoms with Crippen molar-refractivity contribution in [3.8, 4) is 0 Å². The molecule has 0 aliphatic carbocycles. The van der Waals surface area contributed by atoms with Crippen LogP contribution in [-0.2, 0) is 19.4 Å². The van der Waals surface area contributed by atoms with Gasteiger partial charge in [0.05, 0.1) is 25.6 Å². The fourth-order valence-electron chi connectivity index (χ4n) is 1.78. The number of aliphatic hydroxyl groups is 1. The summed E-state index contributed by atoms with van der Waals surface area (Å²) in [5.41, 5.74) is 0. The molecule has 7 heteroatoms. The van der Waals surface area contributed by atoms with Crippen LogP contribution in [0.2, 0.25) is 0 Å². The van der Waals surface area contributed by atoms with Gasteiger partial charge in [0, 0.05) is 6.54 Å². The molecule has 0 aromatic carbocycles. The molecule has 1 saturated heterocycles. The highest BCUT2D eigenvalue weighted by molar-refractivity contribution is 7.92. The molecule has 6 nitrogen and oxygen atoms in total. The van der Waals surface area contributed by atoms with Crippen molar-refractivity contribution in [1.82, 2.24) is 5.32 Å². The predicted molar refractivity (Wildman–Crippen MR) is 62.3 cm³/mol. The van der Waals surface area contributed by atoms with Crippen LogP contribution in [0.25, 0.3) is 0 Å². The third-order valence-electron chi connectivity index (χ3n) is 2.65. The molecule has 0 radical (unpaired) electrons. The van der Waals surface area contributed by atoms with Crippen molar-refractivity contribution in [3.05, 3.63) is 0 Å². The van der Waals surface area contributed by atoms with Gasteiger partial charge in [-0.3, -0.25) is 4.79 Å². The maximum absolute atomic E-state index is 11.7. The lowest BCUT2D eigenvalue weighted by Gasteiger charge is -2.21. The lowest BCUT2D eigenvalue weighted by atomic mass is 10.2. The van der Waals surface area contributed by atoms with E-state index >= 15 is 0 Å². The number of aliphatic hydroxyl groups excluding tert-OH is 1. The molecular formula is C10H19NO5S. The van der Waals surface area contributed by atoms with E-state index in [0.29, 0.717) is 12.8 Å². The zero-order chi connectivity index (χ0) is 12.7. The van der Waals surface area contributed by atoms with Crippen molar-refractivity contribution in [3.63, 3.8) is 0 Å². The molecule has 1 unspecified atom stereocenters. The second kappa shape index (κ2) is 6.93. The molecule has 17 heavy (non-hydrogen) atoms. The van der Waals surface area contributed by atoms with Crippen LogP contribution in [0.4, 0.5) is 0 Å². The van der Waals surface area contributed by atoms with Crippen molar-refractivity contribution in [2.24, 2.45) is 0 Å². The first-order chi connectivity index (χ1) is 8.08. The smallest absolute Gasteiger partial charge is 0.238 e. The molecule has 0 spiro atoms. The van der Waals surface area contributed by atoms with E-state index in [1.54, 1.807) is 0 Å². The molecule has 1 rings (SSSR count). The Bertz CT molecular complexity index is 341. The first kappa shape index (κ1) is 14.4. The summed E-state index contributed by atoms with van der Waals surface area (Å²) in [6.07, 6.45) is 1.83. The molecule has 1 amide bonds. The number of carbonyl (C=O) groups excluding carboxylic acids is 1. The minimum atomic E-state index is -3.26. The van der Waals surface area contributed by atoms with Gasteiger partial charge in [0.25, 0.3) is 0 Å². The van der Waals surface area contributed by atoms with Crippen molar-refractivity contribution >= 4 is 15.7 Å². The summed E-state index contributed by atoms with van der Waals surface area (Å²) >= 11 is 0. The Hall–Kier alpha value is -0.660. The molecule has 1 heterocycles. The molecule has 2 N–H and O–H groups in total. The Morgan fingerprint density at radius 2 is 2.12 bits per heavy atom. The van der Waals surface area contributed by atoms with E-state index in [1.807, 2.05) is 0 Å². The Labute approximate surface area is 101 Å². The highest BCUT2D eigenvalue weighted by Gasteiger charge is 2.34. The second-order valence-electron chi connectivity index (χ2n) is 3.98. The Balaban J connectivity index is 2.31. The van der Waals surface area contributed by atoms with Gasteiger partial charge in [-0.25, -0.2) is 8.42 Å². The number of amides is 1. The molecular weight excluding hydrogens is 246 g/mol. The van der Waals surface area contributed by atoms with Gasteiger partial charge in [0.15, 0.2) is 9.84 Å². The summed E-state index contributed by atoms with van der Waals surface area (Å²) in [6.45, 7) is 0.701. The van der Waals surface area contributed by atoms with E-state index in [9.17, 15) is 13.2 Å². The third kappa shape index (κ3) is 4.61. The quantitative estimate of drug-likeness (QED) is 0.606. The molecule has 1 aliphatic rings. The van der Waals surface area contributed by atoms with E-state index < -0.39 is 21.0 Å². The van der Waals surface area contributed by atoms with Gasteiger partial charge >= 0.3 is 0 Å². The third-order valence-corrected chi connectivity index (χ3v) is 4.83. The van der Waals surface area contributed by atoms with Crippen LogP contribution in [0.1, 0.15) is 19.3 Å². The van der Waals surface area contributed by atoms with Gasteiger partial charge in [-0.2, -0.15) is 0 Å². The van der Waals surface area contributed by atoms with Gasteiger partial charge in [-0.15, -0.1) is 0 Å². The molecule has 0 aromatic rings. The monoisotopic (exact) mass is 265 g/mol. The van der Waals surface area contributed by atoms with Crippen LogP contribution < -0.4 is 5.32 Å². The zero-order valence-corrected chi connectivity index (χ0v) is 10.5. The maximum Gasteiger partial charge on any atom is 0.238 e. The molecule has 1 aliphatic heterocycles. The highest BCUT2D eigenvalue weighted by atomic mass is 32.2. The lowest BCUT2D eigenvalue weighted by molar-refractivity contribution is -0.121. The van der Waals surface area contributed by atoms with Crippen LogP contribution in [0.3, 0.4) is 0 Å². The summed E-state index contributed by atoms with van der Waals surface area (Å²) in [6, 6.07) is 0. The molecule has 1 atom stereocenters. The SMILES string of the molecule is O=C(NCCOCCO)C1CCCCS1(=O)=O.